The van der Waals surface area contributed by atoms with E-state index in [9.17, 15) is 0 Å². The van der Waals surface area contributed by atoms with Gasteiger partial charge in [-0.25, -0.2) is 0 Å². The first-order valence-electron chi connectivity index (χ1n) is 5.22. The van der Waals surface area contributed by atoms with Crippen molar-refractivity contribution in [1.82, 2.24) is 15.6 Å². The van der Waals surface area contributed by atoms with Gasteiger partial charge in [-0.2, -0.15) is 0 Å². The standard InChI is InChI=1S/C11H17N3OS/c1-15-7-3-6-13-11(16)14-9-10-4-2-5-12-8-10/h2,4-5,8H,3,6-7,9H2,1H3,(H2,13,14,16). The van der Waals surface area contributed by atoms with Crippen LogP contribution in [0.1, 0.15) is 12.0 Å². The van der Waals surface area contributed by atoms with Crippen molar-refractivity contribution in [3.63, 3.8) is 0 Å². The molecule has 0 spiro atoms. The van der Waals surface area contributed by atoms with Crippen molar-refractivity contribution in [2.24, 2.45) is 0 Å². The highest BCUT2D eigenvalue weighted by Crippen LogP contribution is 1.93. The highest BCUT2D eigenvalue weighted by molar-refractivity contribution is 7.80. The molecular formula is C11H17N3OS. The minimum absolute atomic E-state index is 0.667. The van der Waals surface area contributed by atoms with Gasteiger partial charge in [0, 0.05) is 39.2 Å². The van der Waals surface area contributed by atoms with Crippen LogP contribution in [-0.4, -0.2) is 30.4 Å². The van der Waals surface area contributed by atoms with Gasteiger partial charge >= 0.3 is 0 Å². The highest BCUT2D eigenvalue weighted by Gasteiger charge is 1.95. The maximum absolute atomic E-state index is 5.12. The monoisotopic (exact) mass is 239 g/mol. The molecule has 0 saturated heterocycles. The molecule has 0 saturated carbocycles. The molecule has 1 heterocycles. The summed E-state index contributed by atoms with van der Waals surface area (Å²) in [5.74, 6) is 0. The third-order valence-electron chi connectivity index (χ3n) is 1.99. The van der Waals surface area contributed by atoms with Crippen molar-refractivity contribution < 1.29 is 4.74 Å². The van der Waals surface area contributed by atoms with E-state index in [4.69, 9.17) is 17.0 Å². The largest absolute Gasteiger partial charge is 0.385 e. The normalized spacial score (nSPS) is 9.81. The van der Waals surface area contributed by atoms with Gasteiger partial charge < -0.3 is 15.4 Å². The van der Waals surface area contributed by atoms with Gasteiger partial charge in [0.2, 0.25) is 0 Å². The molecule has 5 heteroatoms. The number of nitrogens with zero attached hydrogens (tertiary/aromatic N) is 1. The lowest BCUT2D eigenvalue weighted by atomic mass is 10.3. The fraction of sp³-hybridized carbons (Fsp3) is 0.455. The summed E-state index contributed by atoms with van der Waals surface area (Å²) in [5.41, 5.74) is 1.11. The van der Waals surface area contributed by atoms with Crippen molar-refractivity contribution in [3.05, 3.63) is 30.1 Å². The van der Waals surface area contributed by atoms with Crippen molar-refractivity contribution in [2.45, 2.75) is 13.0 Å². The van der Waals surface area contributed by atoms with Gasteiger partial charge in [0.25, 0.3) is 0 Å². The van der Waals surface area contributed by atoms with E-state index in [1.54, 1.807) is 13.3 Å². The summed E-state index contributed by atoms with van der Waals surface area (Å²) >= 11 is 5.12. The predicted molar refractivity (Wildman–Crippen MR) is 68.2 cm³/mol. The van der Waals surface area contributed by atoms with Crippen LogP contribution in [0, 0.1) is 0 Å². The molecule has 2 N–H and O–H groups in total. The topological polar surface area (TPSA) is 46.2 Å². The van der Waals surface area contributed by atoms with Crippen LogP contribution in [0.4, 0.5) is 0 Å². The molecule has 16 heavy (non-hydrogen) atoms. The van der Waals surface area contributed by atoms with Gasteiger partial charge in [-0.05, 0) is 30.3 Å². The molecule has 4 nitrogen and oxygen atoms in total. The van der Waals surface area contributed by atoms with Crippen LogP contribution < -0.4 is 10.6 Å². The highest BCUT2D eigenvalue weighted by atomic mass is 32.1. The van der Waals surface area contributed by atoms with E-state index in [0.717, 1.165) is 25.1 Å². The van der Waals surface area contributed by atoms with Gasteiger partial charge in [-0.1, -0.05) is 6.07 Å². The summed E-state index contributed by atoms with van der Waals surface area (Å²) in [4.78, 5) is 4.03. The van der Waals surface area contributed by atoms with Crippen LogP contribution in [0.25, 0.3) is 0 Å². The summed E-state index contributed by atoms with van der Waals surface area (Å²) in [5, 5.41) is 6.89. The predicted octanol–water partition coefficient (Wildman–Crippen LogP) is 1.08. The second kappa shape index (κ2) is 8.01. The Bertz CT molecular complexity index is 305. The molecule has 0 aliphatic heterocycles. The smallest absolute Gasteiger partial charge is 0.166 e. The molecule has 1 rings (SSSR count). The fourth-order valence-corrected chi connectivity index (χ4v) is 1.34. The van der Waals surface area contributed by atoms with E-state index in [-0.39, 0.29) is 0 Å². The molecule has 0 aromatic carbocycles. The Labute approximate surface area is 101 Å². The van der Waals surface area contributed by atoms with E-state index in [2.05, 4.69) is 15.6 Å². The summed E-state index contributed by atoms with van der Waals surface area (Å²) < 4.78 is 4.94. The molecule has 0 aliphatic rings. The molecular weight excluding hydrogens is 222 g/mol. The van der Waals surface area contributed by atoms with Crippen molar-refractivity contribution in [2.75, 3.05) is 20.3 Å². The molecule has 0 atom stereocenters. The Morgan fingerprint density at radius 1 is 1.50 bits per heavy atom. The molecule has 1 aromatic heterocycles. The number of methoxy groups -OCH3 is 1. The van der Waals surface area contributed by atoms with Gasteiger partial charge in [0.1, 0.15) is 0 Å². The zero-order valence-electron chi connectivity index (χ0n) is 9.40. The van der Waals surface area contributed by atoms with Crippen molar-refractivity contribution in [1.29, 1.82) is 0 Å². The average molecular weight is 239 g/mol. The maximum Gasteiger partial charge on any atom is 0.166 e. The molecule has 0 bridgehead atoms. The van der Waals surface area contributed by atoms with E-state index >= 15 is 0 Å². The minimum atomic E-state index is 0.667. The van der Waals surface area contributed by atoms with Crippen molar-refractivity contribution in [3.8, 4) is 0 Å². The SMILES string of the molecule is COCCCNC(=S)NCc1cccnc1. The Balaban J connectivity index is 2.11. The average Bonchev–Trinajstić information content (AvgIpc) is 2.33. The lowest BCUT2D eigenvalue weighted by Gasteiger charge is -2.09. The molecule has 88 valence electrons. The summed E-state index contributed by atoms with van der Waals surface area (Å²) in [6.07, 6.45) is 4.52. The molecule has 0 amide bonds. The van der Waals surface area contributed by atoms with Crippen LogP contribution in [0.2, 0.25) is 0 Å². The van der Waals surface area contributed by atoms with Gasteiger partial charge in [-0.15, -0.1) is 0 Å². The number of pyridine rings is 1. The number of aromatic nitrogens is 1. The third-order valence-corrected chi connectivity index (χ3v) is 2.28. The van der Waals surface area contributed by atoms with E-state index in [1.165, 1.54) is 0 Å². The summed E-state index contributed by atoms with van der Waals surface area (Å²) in [7, 11) is 1.69. The first-order chi connectivity index (χ1) is 7.83. The lowest BCUT2D eigenvalue weighted by molar-refractivity contribution is 0.195. The quantitative estimate of drug-likeness (QED) is 0.574. The molecule has 0 radical (unpaired) electrons. The fourth-order valence-electron chi connectivity index (χ4n) is 1.17. The van der Waals surface area contributed by atoms with Crippen LogP contribution >= 0.6 is 12.2 Å². The number of rotatable bonds is 6. The van der Waals surface area contributed by atoms with Gasteiger partial charge in [0.15, 0.2) is 5.11 Å². The number of nitrogens with one attached hydrogen (secondary N) is 2. The van der Waals surface area contributed by atoms with E-state index in [0.29, 0.717) is 11.7 Å². The van der Waals surface area contributed by atoms with Gasteiger partial charge in [-0.3, -0.25) is 4.98 Å². The molecule has 0 unspecified atom stereocenters. The maximum atomic E-state index is 5.12. The Morgan fingerprint density at radius 2 is 2.38 bits per heavy atom. The molecule has 0 aliphatic carbocycles. The van der Waals surface area contributed by atoms with Gasteiger partial charge in [0.05, 0.1) is 0 Å². The lowest BCUT2D eigenvalue weighted by Crippen LogP contribution is -2.35. The van der Waals surface area contributed by atoms with E-state index < -0.39 is 0 Å². The number of hydrogen-bond donors (Lipinski definition) is 2. The van der Waals surface area contributed by atoms with Crippen LogP contribution in [-0.2, 0) is 11.3 Å². The Kier molecular flexibility index (Phi) is 6.44. The molecule has 0 fully saturated rings. The minimum Gasteiger partial charge on any atom is -0.385 e. The zero-order chi connectivity index (χ0) is 11.6. The zero-order valence-corrected chi connectivity index (χ0v) is 10.2. The van der Waals surface area contributed by atoms with Crippen LogP contribution in [0.15, 0.2) is 24.5 Å². The van der Waals surface area contributed by atoms with E-state index in [1.807, 2.05) is 18.3 Å². The second-order valence-corrected chi connectivity index (χ2v) is 3.73. The molecule has 1 aromatic rings. The second-order valence-electron chi connectivity index (χ2n) is 3.32. The summed E-state index contributed by atoms with van der Waals surface area (Å²) in [6, 6.07) is 3.92. The third kappa shape index (κ3) is 5.63. The first kappa shape index (κ1) is 12.9. The summed E-state index contributed by atoms with van der Waals surface area (Å²) in [6.45, 7) is 2.27. The Hall–Kier alpha value is -1.20. The number of hydrogen-bond acceptors (Lipinski definition) is 3. The number of ether oxygens (including phenoxy) is 1. The number of thiocarbonyl (C=S) groups is 1. The Morgan fingerprint density at radius 3 is 3.06 bits per heavy atom. The van der Waals surface area contributed by atoms with Crippen LogP contribution in [0.5, 0.6) is 0 Å². The first-order valence-corrected chi connectivity index (χ1v) is 5.63. The van der Waals surface area contributed by atoms with Crippen molar-refractivity contribution >= 4 is 17.3 Å². The van der Waals surface area contributed by atoms with Crippen LogP contribution in [0.3, 0.4) is 0 Å².